The van der Waals surface area contributed by atoms with Crippen molar-refractivity contribution in [1.82, 2.24) is 10.6 Å². The SMILES string of the molecule is CCCCCCCCCCCCNC(=O)CCSSCCC(=O)NCCCCCCCCCCCC. The van der Waals surface area contributed by atoms with Crippen LogP contribution in [0, 0.1) is 0 Å². The zero-order valence-electron chi connectivity index (χ0n) is 24.0. The van der Waals surface area contributed by atoms with Crippen LogP contribution in [0.4, 0.5) is 0 Å². The van der Waals surface area contributed by atoms with Gasteiger partial charge < -0.3 is 10.6 Å². The van der Waals surface area contributed by atoms with Gasteiger partial charge >= 0.3 is 0 Å². The minimum atomic E-state index is 0.160. The monoisotopic (exact) mass is 544 g/mol. The van der Waals surface area contributed by atoms with Crippen molar-refractivity contribution in [2.75, 3.05) is 24.6 Å². The number of amides is 2. The van der Waals surface area contributed by atoms with Gasteiger partial charge in [-0.2, -0.15) is 0 Å². The zero-order valence-corrected chi connectivity index (χ0v) is 25.7. The van der Waals surface area contributed by atoms with Crippen molar-refractivity contribution in [3.63, 3.8) is 0 Å². The second-order valence-electron chi connectivity index (χ2n) is 10.2. The number of carbonyl (C=O) groups is 2. The van der Waals surface area contributed by atoms with Gasteiger partial charge in [-0.15, -0.1) is 0 Å². The molecule has 0 heterocycles. The average Bonchev–Trinajstić information content (AvgIpc) is 2.87. The maximum atomic E-state index is 11.9. The fourth-order valence-electron chi connectivity index (χ4n) is 4.24. The van der Waals surface area contributed by atoms with Gasteiger partial charge in [0.1, 0.15) is 0 Å². The minimum absolute atomic E-state index is 0.160. The van der Waals surface area contributed by atoms with E-state index in [4.69, 9.17) is 0 Å². The van der Waals surface area contributed by atoms with E-state index in [1.165, 1.54) is 116 Å². The summed E-state index contributed by atoms with van der Waals surface area (Å²) in [5.41, 5.74) is 0. The molecule has 0 aromatic heterocycles. The summed E-state index contributed by atoms with van der Waals surface area (Å²) in [7, 11) is 3.41. The van der Waals surface area contributed by atoms with Crippen LogP contribution in [0.5, 0.6) is 0 Å². The van der Waals surface area contributed by atoms with Crippen molar-refractivity contribution in [1.29, 1.82) is 0 Å². The fourth-order valence-corrected chi connectivity index (χ4v) is 6.22. The summed E-state index contributed by atoms with van der Waals surface area (Å²) in [4.78, 5) is 23.9. The fraction of sp³-hybridized carbons (Fsp3) is 0.933. The van der Waals surface area contributed by atoms with E-state index >= 15 is 0 Å². The predicted octanol–water partition coefficient (Wildman–Crippen LogP) is 9.22. The number of hydrogen-bond donors (Lipinski definition) is 2. The second kappa shape index (κ2) is 30.9. The van der Waals surface area contributed by atoms with E-state index in [0.717, 1.165) is 37.4 Å². The quantitative estimate of drug-likeness (QED) is 0.0727. The van der Waals surface area contributed by atoms with Crippen LogP contribution in [0.3, 0.4) is 0 Å². The lowest BCUT2D eigenvalue weighted by Crippen LogP contribution is -2.24. The number of carbonyl (C=O) groups excluding carboxylic acids is 2. The van der Waals surface area contributed by atoms with E-state index < -0.39 is 0 Å². The van der Waals surface area contributed by atoms with Crippen molar-refractivity contribution in [3.8, 4) is 0 Å². The first-order valence-corrected chi connectivity index (χ1v) is 18.0. The predicted molar refractivity (Wildman–Crippen MR) is 164 cm³/mol. The van der Waals surface area contributed by atoms with E-state index in [1.54, 1.807) is 21.6 Å². The molecule has 4 nitrogen and oxygen atoms in total. The first-order valence-electron chi connectivity index (χ1n) is 15.5. The smallest absolute Gasteiger partial charge is 0.220 e. The van der Waals surface area contributed by atoms with Gasteiger partial charge in [0.05, 0.1) is 0 Å². The van der Waals surface area contributed by atoms with Gasteiger partial charge in [0.25, 0.3) is 0 Å². The maximum absolute atomic E-state index is 11.9. The Morgan fingerprint density at radius 2 is 0.722 bits per heavy atom. The Morgan fingerprint density at radius 3 is 1.03 bits per heavy atom. The number of rotatable bonds is 29. The van der Waals surface area contributed by atoms with Gasteiger partial charge in [0.15, 0.2) is 0 Å². The molecule has 0 bridgehead atoms. The van der Waals surface area contributed by atoms with Crippen molar-refractivity contribution >= 4 is 33.4 Å². The summed E-state index contributed by atoms with van der Waals surface area (Å²) >= 11 is 0. The van der Waals surface area contributed by atoms with E-state index in [0.29, 0.717) is 12.8 Å². The normalized spacial score (nSPS) is 11.1. The van der Waals surface area contributed by atoms with Crippen molar-refractivity contribution < 1.29 is 9.59 Å². The molecule has 0 aliphatic rings. The van der Waals surface area contributed by atoms with Crippen LogP contribution in [0.25, 0.3) is 0 Å². The van der Waals surface area contributed by atoms with Crippen LogP contribution in [-0.2, 0) is 9.59 Å². The van der Waals surface area contributed by atoms with E-state index in [9.17, 15) is 9.59 Å². The van der Waals surface area contributed by atoms with Gasteiger partial charge in [-0.1, -0.05) is 151 Å². The summed E-state index contributed by atoms with van der Waals surface area (Å²) < 4.78 is 0. The van der Waals surface area contributed by atoms with Crippen LogP contribution in [0.1, 0.15) is 155 Å². The molecule has 0 saturated carbocycles. The Labute approximate surface area is 232 Å². The standard InChI is InChI=1S/C30H60N2O2S2/c1-3-5-7-9-11-13-15-17-19-21-25-31-29(33)23-27-35-36-28-24-30(34)32-26-22-20-18-16-14-12-10-8-6-4-2/h3-28H2,1-2H3,(H,31,33)(H,32,34). The average molecular weight is 545 g/mol. The first-order chi connectivity index (χ1) is 17.7. The van der Waals surface area contributed by atoms with Crippen molar-refractivity contribution in [3.05, 3.63) is 0 Å². The molecule has 0 spiro atoms. The molecule has 0 atom stereocenters. The molecule has 0 saturated heterocycles. The molecule has 214 valence electrons. The maximum Gasteiger partial charge on any atom is 0.220 e. The minimum Gasteiger partial charge on any atom is -0.356 e. The highest BCUT2D eigenvalue weighted by molar-refractivity contribution is 8.76. The molecule has 0 fully saturated rings. The highest BCUT2D eigenvalue weighted by Gasteiger charge is 2.04. The third kappa shape index (κ3) is 29.9. The van der Waals surface area contributed by atoms with Gasteiger partial charge in [-0.05, 0) is 12.8 Å². The third-order valence-corrected chi connectivity index (χ3v) is 9.02. The summed E-state index contributed by atoms with van der Waals surface area (Å²) in [5, 5.41) is 6.09. The highest BCUT2D eigenvalue weighted by Crippen LogP contribution is 2.22. The van der Waals surface area contributed by atoms with Crippen LogP contribution in [0.15, 0.2) is 0 Å². The lowest BCUT2D eigenvalue weighted by molar-refractivity contribution is -0.121. The van der Waals surface area contributed by atoms with Gasteiger partial charge in [0.2, 0.25) is 11.8 Å². The Bertz CT molecular complexity index is 436. The van der Waals surface area contributed by atoms with E-state index in [2.05, 4.69) is 24.5 Å². The Balaban J connectivity index is 3.26. The van der Waals surface area contributed by atoms with Gasteiger partial charge in [-0.3, -0.25) is 9.59 Å². The van der Waals surface area contributed by atoms with Gasteiger partial charge in [-0.25, -0.2) is 0 Å². The largest absolute Gasteiger partial charge is 0.356 e. The summed E-state index contributed by atoms with van der Waals surface area (Å²) in [6, 6.07) is 0. The molecule has 0 aromatic carbocycles. The van der Waals surface area contributed by atoms with Crippen LogP contribution >= 0.6 is 21.6 Å². The van der Waals surface area contributed by atoms with Crippen LogP contribution in [0.2, 0.25) is 0 Å². The highest BCUT2D eigenvalue weighted by atomic mass is 33.1. The molecule has 0 rings (SSSR count). The molecule has 36 heavy (non-hydrogen) atoms. The molecular formula is C30H60N2O2S2. The molecule has 0 aromatic rings. The molecule has 2 amide bonds. The van der Waals surface area contributed by atoms with Crippen molar-refractivity contribution in [2.24, 2.45) is 0 Å². The van der Waals surface area contributed by atoms with Gasteiger partial charge in [0, 0.05) is 37.4 Å². The summed E-state index contributed by atoms with van der Waals surface area (Å²) in [6.07, 6.45) is 27.5. The zero-order chi connectivity index (χ0) is 26.4. The third-order valence-electron chi connectivity index (χ3n) is 6.61. The Morgan fingerprint density at radius 1 is 0.444 bits per heavy atom. The van der Waals surface area contributed by atoms with E-state index in [1.807, 2.05) is 0 Å². The summed E-state index contributed by atoms with van der Waals surface area (Å²) in [6.45, 7) is 6.15. The number of unbranched alkanes of at least 4 members (excludes halogenated alkanes) is 18. The number of hydrogen-bond acceptors (Lipinski definition) is 4. The molecule has 0 aliphatic carbocycles. The lowest BCUT2D eigenvalue weighted by Gasteiger charge is -2.06. The first kappa shape index (κ1) is 35.6. The Kier molecular flexibility index (Phi) is 30.6. The van der Waals surface area contributed by atoms with E-state index in [-0.39, 0.29) is 11.8 Å². The molecule has 0 radical (unpaired) electrons. The molecule has 6 heteroatoms. The molecular weight excluding hydrogens is 484 g/mol. The van der Waals surface area contributed by atoms with Crippen molar-refractivity contribution in [2.45, 2.75) is 155 Å². The second-order valence-corrected chi connectivity index (χ2v) is 12.9. The van der Waals surface area contributed by atoms with Crippen LogP contribution in [-0.4, -0.2) is 36.4 Å². The number of nitrogens with one attached hydrogen (secondary N) is 2. The topological polar surface area (TPSA) is 58.2 Å². The van der Waals surface area contributed by atoms with Crippen LogP contribution < -0.4 is 10.6 Å². The Hall–Kier alpha value is -0.360. The summed E-state index contributed by atoms with van der Waals surface area (Å²) in [5.74, 6) is 1.95. The molecule has 0 aliphatic heterocycles. The lowest BCUT2D eigenvalue weighted by atomic mass is 10.1. The molecule has 2 N–H and O–H groups in total. The molecule has 0 unspecified atom stereocenters.